The molecule has 2 aromatic rings. The molecule has 0 aliphatic carbocycles. The van der Waals surface area contributed by atoms with E-state index in [2.05, 4.69) is 4.98 Å². The van der Waals surface area contributed by atoms with Crippen molar-refractivity contribution in [2.45, 2.75) is 19.9 Å². The van der Waals surface area contributed by atoms with Crippen LogP contribution in [0, 0.1) is 11.7 Å². The number of carbonyl (C=O) groups excluding carboxylic acids is 2. The van der Waals surface area contributed by atoms with E-state index < -0.39 is 11.7 Å². The zero-order valence-electron chi connectivity index (χ0n) is 13.2. The Morgan fingerprint density at radius 1 is 1.22 bits per heavy atom. The summed E-state index contributed by atoms with van der Waals surface area (Å²) in [6.45, 7) is 2.15. The molecule has 0 saturated heterocycles. The second kappa shape index (κ2) is 7.63. The first-order chi connectivity index (χ1) is 11.0. The Balaban J connectivity index is 1.95. The molecule has 2 rings (SSSR count). The van der Waals surface area contributed by atoms with Crippen LogP contribution >= 0.6 is 0 Å². The van der Waals surface area contributed by atoms with E-state index >= 15 is 0 Å². The summed E-state index contributed by atoms with van der Waals surface area (Å²) in [5.74, 6) is -1.30. The molecule has 0 bridgehead atoms. The lowest BCUT2D eigenvalue weighted by molar-refractivity contribution is -0.131. The van der Waals surface area contributed by atoms with Crippen LogP contribution in [0.5, 0.6) is 0 Å². The van der Waals surface area contributed by atoms with Gasteiger partial charge in [0.15, 0.2) is 5.78 Å². The topological polar surface area (TPSA) is 50.3 Å². The predicted octanol–water partition coefficient (Wildman–Crippen LogP) is 3.09. The zero-order chi connectivity index (χ0) is 16.8. The summed E-state index contributed by atoms with van der Waals surface area (Å²) in [6, 6.07) is 9.22. The normalized spacial score (nSPS) is 11.8. The maximum atomic E-state index is 13.2. The first-order valence-corrected chi connectivity index (χ1v) is 7.40. The lowest BCUT2D eigenvalue weighted by Gasteiger charge is -2.19. The Morgan fingerprint density at radius 3 is 2.57 bits per heavy atom. The summed E-state index contributed by atoms with van der Waals surface area (Å²) in [5, 5.41) is 0. The van der Waals surface area contributed by atoms with E-state index in [1.54, 1.807) is 37.3 Å². The Bertz CT molecular complexity index is 688. The highest BCUT2D eigenvalue weighted by Gasteiger charge is 2.21. The fraction of sp³-hybridized carbons (Fsp3) is 0.278. The van der Waals surface area contributed by atoms with Gasteiger partial charge in [0.25, 0.3) is 0 Å². The first-order valence-electron chi connectivity index (χ1n) is 7.40. The largest absolute Gasteiger partial charge is 0.341 e. The number of amides is 1. The van der Waals surface area contributed by atoms with Crippen molar-refractivity contribution in [3.05, 3.63) is 65.7 Å². The van der Waals surface area contributed by atoms with Crippen molar-refractivity contribution in [2.75, 3.05) is 7.05 Å². The van der Waals surface area contributed by atoms with Gasteiger partial charge in [0.05, 0.1) is 0 Å². The maximum Gasteiger partial charge on any atom is 0.223 e. The highest BCUT2D eigenvalue weighted by atomic mass is 19.1. The van der Waals surface area contributed by atoms with Crippen molar-refractivity contribution in [1.82, 2.24) is 9.88 Å². The van der Waals surface area contributed by atoms with Crippen molar-refractivity contribution in [1.29, 1.82) is 0 Å². The van der Waals surface area contributed by atoms with Crippen LogP contribution in [0.25, 0.3) is 0 Å². The fourth-order valence-corrected chi connectivity index (χ4v) is 2.29. The van der Waals surface area contributed by atoms with E-state index in [0.29, 0.717) is 12.1 Å². The smallest absolute Gasteiger partial charge is 0.223 e. The number of nitrogens with zero attached hydrogens (tertiary/aromatic N) is 2. The zero-order valence-corrected chi connectivity index (χ0v) is 13.2. The summed E-state index contributed by atoms with van der Waals surface area (Å²) in [6.07, 6.45) is 3.43. The molecular formula is C18H19FN2O2. The van der Waals surface area contributed by atoms with Gasteiger partial charge in [0.1, 0.15) is 5.82 Å². The van der Waals surface area contributed by atoms with Crippen molar-refractivity contribution in [3.8, 4) is 0 Å². The number of aromatic nitrogens is 1. The molecule has 0 unspecified atom stereocenters. The van der Waals surface area contributed by atoms with Gasteiger partial charge in [-0.25, -0.2) is 4.39 Å². The van der Waals surface area contributed by atoms with Crippen LogP contribution in [-0.4, -0.2) is 28.6 Å². The summed E-state index contributed by atoms with van der Waals surface area (Å²) < 4.78 is 13.2. The molecule has 0 saturated carbocycles. The first kappa shape index (κ1) is 16.8. The molecule has 1 aromatic carbocycles. The molecule has 0 radical (unpaired) electrons. The molecule has 23 heavy (non-hydrogen) atoms. The standard InChI is InChI=1S/C18H19FN2O2/c1-13(18(23)15-4-3-5-16(19)11-15)10-17(22)21(2)12-14-6-8-20-9-7-14/h3-9,11,13H,10,12H2,1-2H3/t13-/m0/s1. The minimum atomic E-state index is -0.496. The molecule has 0 aliphatic rings. The van der Waals surface area contributed by atoms with Gasteiger partial charge in [-0.3, -0.25) is 14.6 Å². The summed E-state index contributed by atoms with van der Waals surface area (Å²) in [7, 11) is 1.70. The van der Waals surface area contributed by atoms with Crippen LogP contribution in [0.4, 0.5) is 4.39 Å². The van der Waals surface area contributed by atoms with Crippen molar-refractivity contribution in [2.24, 2.45) is 5.92 Å². The molecule has 120 valence electrons. The quantitative estimate of drug-likeness (QED) is 0.770. The third-order valence-electron chi connectivity index (χ3n) is 3.63. The minimum absolute atomic E-state index is 0.0942. The summed E-state index contributed by atoms with van der Waals surface area (Å²) in [5.41, 5.74) is 1.27. The summed E-state index contributed by atoms with van der Waals surface area (Å²) in [4.78, 5) is 30.0. The van der Waals surface area contributed by atoms with Gasteiger partial charge in [-0.1, -0.05) is 19.1 Å². The van der Waals surface area contributed by atoms with E-state index in [1.165, 1.54) is 18.2 Å². The number of halogens is 1. The monoisotopic (exact) mass is 314 g/mol. The highest BCUT2D eigenvalue weighted by Crippen LogP contribution is 2.15. The molecular weight excluding hydrogens is 295 g/mol. The van der Waals surface area contributed by atoms with Crippen molar-refractivity contribution < 1.29 is 14.0 Å². The minimum Gasteiger partial charge on any atom is -0.341 e. The number of benzene rings is 1. The second-order valence-electron chi connectivity index (χ2n) is 5.59. The van der Waals surface area contributed by atoms with E-state index in [4.69, 9.17) is 0 Å². The third-order valence-corrected chi connectivity index (χ3v) is 3.63. The van der Waals surface area contributed by atoms with Crippen LogP contribution in [0.2, 0.25) is 0 Å². The van der Waals surface area contributed by atoms with Gasteiger partial charge < -0.3 is 4.90 Å². The number of hydrogen-bond acceptors (Lipinski definition) is 3. The van der Waals surface area contributed by atoms with Crippen molar-refractivity contribution in [3.63, 3.8) is 0 Å². The van der Waals surface area contributed by atoms with Crippen LogP contribution in [0.15, 0.2) is 48.8 Å². The van der Waals surface area contributed by atoms with Gasteiger partial charge in [-0.2, -0.15) is 0 Å². The number of Topliss-reactive ketones (excluding diaryl/α,β-unsaturated/α-hetero) is 1. The number of hydrogen-bond donors (Lipinski definition) is 0. The average molecular weight is 314 g/mol. The van der Waals surface area contributed by atoms with Gasteiger partial charge >= 0.3 is 0 Å². The van der Waals surface area contributed by atoms with E-state index in [0.717, 1.165) is 5.56 Å². The number of pyridine rings is 1. The Morgan fingerprint density at radius 2 is 1.91 bits per heavy atom. The number of ketones is 1. The van der Waals surface area contributed by atoms with E-state index in [1.807, 2.05) is 12.1 Å². The van der Waals surface area contributed by atoms with Crippen LogP contribution in [0.1, 0.15) is 29.3 Å². The lowest BCUT2D eigenvalue weighted by Crippen LogP contribution is -2.29. The number of carbonyl (C=O) groups is 2. The predicted molar refractivity (Wildman–Crippen MR) is 85.2 cm³/mol. The van der Waals surface area contributed by atoms with Gasteiger partial charge in [0.2, 0.25) is 5.91 Å². The Hall–Kier alpha value is -2.56. The van der Waals surface area contributed by atoms with Crippen LogP contribution < -0.4 is 0 Å². The molecule has 4 nitrogen and oxygen atoms in total. The molecule has 0 spiro atoms. The SMILES string of the molecule is C[C@@H](CC(=O)N(C)Cc1ccncc1)C(=O)c1cccc(F)c1. The van der Waals surface area contributed by atoms with E-state index in [9.17, 15) is 14.0 Å². The summed E-state index contributed by atoms with van der Waals surface area (Å²) >= 11 is 0. The molecule has 1 aromatic heterocycles. The molecule has 1 atom stereocenters. The van der Waals surface area contributed by atoms with Gasteiger partial charge in [-0.05, 0) is 29.8 Å². The highest BCUT2D eigenvalue weighted by molar-refractivity contribution is 5.99. The van der Waals surface area contributed by atoms with Gasteiger partial charge in [0, 0.05) is 43.9 Å². The average Bonchev–Trinajstić information content (AvgIpc) is 2.54. The molecule has 5 heteroatoms. The third kappa shape index (κ3) is 4.71. The van der Waals surface area contributed by atoms with Crippen LogP contribution in [-0.2, 0) is 11.3 Å². The molecule has 1 heterocycles. The van der Waals surface area contributed by atoms with E-state index in [-0.39, 0.29) is 18.1 Å². The van der Waals surface area contributed by atoms with Crippen molar-refractivity contribution >= 4 is 11.7 Å². The molecule has 1 amide bonds. The maximum absolute atomic E-state index is 13.2. The Labute approximate surface area is 135 Å². The lowest BCUT2D eigenvalue weighted by atomic mass is 9.96. The molecule has 0 aliphatic heterocycles. The number of rotatable bonds is 6. The Kier molecular flexibility index (Phi) is 5.57. The second-order valence-corrected chi connectivity index (χ2v) is 5.59. The molecule has 0 fully saturated rings. The molecule has 0 N–H and O–H groups in total. The van der Waals surface area contributed by atoms with Gasteiger partial charge in [-0.15, -0.1) is 0 Å². The van der Waals surface area contributed by atoms with Crippen LogP contribution in [0.3, 0.4) is 0 Å². The fourth-order valence-electron chi connectivity index (χ4n) is 2.29.